The van der Waals surface area contributed by atoms with Crippen LogP contribution in [0.3, 0.4) is 0 Å². The van der Waals surface area contributed by atoms with Crippen LogP contribution in [0.1, 0.15) is 10.6 Å². The summed E-state index contributed by atoms with van der Waals surface area (Å²) in [6.45, 7) is 2.13. The number of pyridine rings is 2. The third kappa shape index (κ3) is 3.06. The summed E-state index contributed by atoms with van der Waals surface area (Å²) in [5.41, 5.74) is 8.22. The smallest absolute Gasteiger partial charge is 0.136 e. The number of aromatic amines is 1. The van der Waals surface area contributed by atoms with Crippen molar-refractivity contribution in [3.63, 3.8) is 0 Å². The molecule has 7 heteroatoms. The van der Waals surface area contributed by atoms with Gasteiger partial charge in [-0.2, -0.15) is 5.10 Å². The number of nitrogens with zero attached hydrogens (tertiary/aromatic N) is 3. The number of fused-ring (bicyclic) bond motifs is 2. The number of aromatic nitrogens is 4. The predicted octanol–water partition coefficient (Wildman–Crippen LogP) is 5.89. The second-order valence-electron chi connectivity index (χ2n) is 7.35. The number of thiophene rings is 1. The van der Waals surface area contributed by atoms with E-state index < -0.39 is 0 Å². The Hall–Kier alpha value is -3.97. The minimum Gasteiger partial charge on any atom is -0.358 e. The van der Waals surface area contributed by atoms with Crippen molar-refractivity contribution in [1.29, 1.82) is 0 Å². The topological polar surface area (TPSA) is 78.5 Å². The summed E-state index contributed by atoms with van der Waals surface area (Å²) in [6.07, 6.45) is 3.73. The zero-order chi connectivity index (χ0) is 20.8. The molecule has 6 nitrogen and oxygen atoms in total. The van der Waals surface area contributed by atoms with Crippen molar-refractivity contribution < 1.29 is 0 Å². The van der Waals surface area contributed by atoms with Gasteiger partial charge in [0.25, 0.3) is 0 Å². The largest absolute Gasteiger partial charge is 0.358 e. The average molecular weight is 423 g/mol. The molecular weight excluding hydrogens is 404 g/mol. The molecule has 31 heavy (non-hydrogen) atoms. The molecule has 0 aliphatic carbocycles. The average Bonchev–Trinajstić information content (AvgIpc) is 3.44. The number of para-hydroxylation sites is 1. The van der Waals surface area contributed by atoms with Gasteiger partial charge in [-0.3, -0.25) is 10.1 Å². The van der Waals surface area contributed by atoms with Crippen LogP contribution in [0.15, 0.2) is 73.1 Å². The minimum absolute atomic E-state index is 0.767. The van der Waals surface area contributed by atoms with E-state index in [1.165, 1.54) is 15.3 Å². The Morgan fingerprint density at radius 3 is 2.71 bits per heavy atom. The monoisotopic (exact) mass is 422 g/mol. The molecule has 0 unspecified atom stereocenters. The molecule has 0 amide bonds. The maximum Gasteiger partial charge on any atom is 0.136 e. The number of nitrogens with one attached hydrogen (secondary N) is 3. The molecule has 0 spiro atoms. The lowest BCUT2D eigenvalue weighted by molar-refractivity contribution is 1.10. The van der Waals surface area contributed by atoms with Crippen molar-refractivity contribution in [3.05, 3.63) is 83.6 Å². The van der Waals surface area contributed by atoms with Gasteiger partial charge in [-0.25, -0.2) is 4.98 Å². The maximum atomic E-state index is 4.84. The van der Waals surface area contributed by atoms with Gasteiger partial charge < -0.3 is 10.6 Å². The summed E-state index contributed by atoms with van der Waals surface area (Å²) in [5, 5.41) is 14.6. The zero-order valence-corrected chi connectivity index (χ0v) is 17.5. The van der Waals surface area contributed by atoms with Crippen LogP contribution >= 0.6 is 11.3 Å². The van der Waals surface area contributed by atoms with Crippen LogP contribution < -0.4 is 10.6 Å². The SMILES string of the molecule is Cc1ccc(-c2cccc3c2NC=C(c2n[nH]c4ccc(-c5ccccn5)nc24)N3)s1. The lowest BCUT2D eigenvalue weighted by Gasteiger charge is -2.22. The normalized spacial score (nSPS) is 12.7. The van der Waals surface area contributed by atoms with E-state index >= 15 is 0 Å². The van der Waals surface area contributed by atoms with Gasteiger partial charge in [0.1, 0.15) is 11.2 Å². The first-order chi connectivity index (χ1) is 15.3. The van der Waals surface area contributed by atoms with Crippen molar-refractivity contribution >= 4 is 39.4 Å². The number of hydrogen-bond donors (Lipinski definition) is 3. The van der Waals surface area contributed by atoms with Gasteiger partial charge in [-0.1, -0.05) is 18.2 Å². The predicted molar refractivity (Wildman–Crippen MR) is 127 cm³/mol. The molecule has 5 heterocycles. The van der Waals surface area contributed by atoms with Gasteiger partial charge in [0.2, 0.25) is 0 Å². The number of rotatable bonds is 3. The first-order valence-corrected chi connectivity index (χ1v) is 10.8. The molecule has 0 radical (unpaired) electrons. The first-order valence-electron chi connectivity index (χ1n) is 9.97. The van der Waals surface area contributed by atoms with Crippen LogP contribution in [0.4, 0.5) is 11.4 Å². The molecule has 0 saturated heterocycles. The number of H-pyrrole nitrogens is 1. The van der Waals surface area contributed by atoms with E-state index in [4.69, 9.17) is 4.98 Å². The fraction of sp³-hybridized carbons (Fsp3) is 0.0417. The summed E-state index contributed by atoms with van der Waals surface area (Å²) in [7, 11) is 0. The number of hydrogen-bond acceptors (Lipinski definition) is 6. The van der Waals surface area contributed by atoms with E-state index in [1.54, 1.807) is 17.5 Å². The van der Waals surface area contributed by atoms with Crippen LogP contribution in [0, 0.1) is 6.92 Å². The lowest BCUT2D eigenvalue weighted by Crippen LogP contribution is -2.10. The minimum atomic E-state index is 0.767. The number of aryl methyl sites for hydroxylation is 1. The summed E-state index contributed by atoms with van der Waals surface area (Å²) in [5.74, 6) is 0. The second-order valence-corrected chi connectivity index (χ2v) is 8.63. The summed E-state index contributed by atoms with van der Waals surface area (Å²) < 4.78 is 0. The standard InChI is InChI=1S/C24H18N6S/c1-14-8-11-21(31-14)15-5-4-7-18-22(15)26-13-20(27-18)24-23-19(29-30-24)10-9-17(28-23)16-6-2-3-12-25-16/h2-13,26-27H,1H3,(H,29,30). The molecule has 1 aliphatic heterocycles. The Morgan fingerprint density at radius 2 is 1.87 bits per heavy atom. The Morgan fingerprint density at radius 1 is 0.903 bits per heavy atom. The third-order valence-corrected chi connectivity index (χ3v) is 6.32. The molecule has 1 aromatic carbocycles. The van der Waals surface area contributed by atoms with Crippen LogP contribution in [0.2, 0.25) is 0 Å². The van der Waals surface area contributed by atoms with Crippen LogP contribution in [-0.2, 0) is 0 Å². The molecule has 4 aromatic heterocycles. The van der Waals surface area contributed by atoms with E-state index in [-0.39, 0.29) is 0 Å². The van der Waals surface area contributed by atoms with Gasteiger partial charge >= 0.3 is 0 Å². The Balaban J connectivity index is 1.40. The van der Waals surface area contributed by atoms with Crippen molar-refractivity contribution in [3.8, 4) is 21.8 Å². The highest BCUT2D eigenvalue weighted by Crippen LogP contribution is 2.41. The Labute approximate surface area is 182 Å². The molecular formula is C24H18N6S. The van der Waals surface area contributed by atoms with Crippen molar-refractivity contribution in [2.24, 2.45) is 0 Å². The molecule has 0 atom stereocenters. The molecule has 3 N–H and O–H groups in total. The van der Waals surface area contributed by atoms with Crippen LogP contribution in [0.5, 0.6) is 0 Å². The molecule has 6 rings (SSSR count). The van der Waals surface area contributed by atoms with E-state index in [1.807, 2.05) is 36.5 Å². The zero-order valence-electron chi connectivity index (χ0n) is 16.7. The van der Waals surface area contributed by atoms with Gasteiger partial charge in [-0.15, -0.1) is 11.3 Å². The summed E-state index contributed by atoms with van der Waals surface area (Å²) in [6, 6.07) is 20.4. The van der Waals surface area contributed by atoms with E-state index in [9.17, 15) is 0 Å². The van der Waals surface area contributed by atoms with Crippen LogP contribution in [0.25, 0.3) is 38.6 Å². The van der Waals surface area contributed by atoms with E-state index in [2.05, 4.69) is 63.1 Å². The highest BCUT2D eigenvalue weighted by Gasteiger charge is 2.20. The molecule has 1 aliphatic rings. The fourth-order valence-electron chi connectivity index (χ4n) is 3.79. The van der Waals surface area contributed by atoms with Crippen molar-refractivity contribution in [1.82, 2.24) is 20.2 Å². The lowest BCUT2D eigenvalue weighted by atomic mass is 10.1. The van der Waals surface area contributed by atoms with E-state index in [0.717, 1.165) is 45.2 Å². The molecule has 0 fully saturated rings. The fourth-order valence-corrected chi connectivity index (χ4v) is 4.69. The van der Waals surface area contributed by atoms with Gasteiger partial charge in [0.15, 0.2) is 0 Å². The Kier molecular flexibility index (Phi) is 4.07. The first kappa shape index (κ1) is 17.9. The number of benzene rings is 1. The Bertz CT molecular complexity index is 1450. The highest BCUT2D eigenvalue weighted by molar-refractivity contribution is 7.15. The summed E-state index contributed by atoms with van der Waals surface area (Å²) >= 11 is 1.79. The molecule has 0 bridgehead atoms. The van der Waals surface area contributed by atoms with Gasteiger partial charge in [-0.05, 0) is 49.4 Å². The number of anilines is 2. The third-order valence-electron chi connectivity index (χ3n) is 5.29. The van der Waals surface area contributed by atoms with Crippen LogP contribution in [-0.4, -0.2) is 20.2 Å². The van der Waals surface area contributed by atoms with Crippen molar-refractivity contribution in [2.45, 2.75) is 6.92 Å². The summed E-state index contributed by atoms with van der Waals surface area (Å²) in [4.78, 5) is 11.8. The van der Waals surface area contributed by atoms with Crippen molar-refractivity contribution in [2.75, 3.05) is 10.6 Å². The van der Waals surface area contributed by atoms with Gasteiger partial charge in [0, 0.05) is 27.7 Å². The molecule has 150 valence electrons. The maximum absolute atomic E-state index is 4.84. The van der Waals surface area contributed by atoms with Gasteiger partial charge in [0.05, 0.1) is 34.0 Å². The molecule has 5 aromatic rings. The van der Waals surface area contributed by atoms with E-state index in [0.29, 0.717) is 0 Å². The second kappa shape index (κ2) is 7.07. The molecule has 0 saturated carbocycles. The quantitative estimate of drug-likeness (QED) is 0.338. The highest BCUT2D eigenvalue weighted by atomic mass is 32.1.